The zero-order valence-electron chi connectivity index (χ0n) is 21.5. The highest BCUT2D eigenvalue weighted by Gasteiger charge is 2.40. The quantitative estimate of drug-likeness (QED) is 0.578. The second kappa shape index (κ2) is 10.2. The standard InChI is InChI=1S/C30H32N2O5/c1-17-10-11-18(2)22(14-17)32-27(35)16-37-25-13-12-19(15-26(25)36-3)28-29-20(6-4-8-23(29)33)31-21-7-5-9-24(34)30(21)28/h10-15,28,31H,4-9,16H2,1-3H3,(H,32,35). The molecule has 0 saturated carbocycles. The molecule has 7 nitrogen and oxygen atoms in total. The van der Waals surface area contributed by atoms with Crippen LogP contribution < -0.4 is 20.1 Å². The summed E-state index contributed by atoms with van der Waals surface area (Å²) in [6, 6.07) is 11.3. The number of amides is 1. The van der Waals surface area contributed by atoms with Crippen LogP contribution in [0.5, 0.6) is 11.5 Å². The molecule has 0 radical (unpaired) electrons. The molecule has 2 aliphatic carbocycles. The molecule has 2 N–H and O–H groups in total. The third-order valence-electron chi connectivity index (χ3n) is 7.34. The monoisotopic (exact) mass is 500 g/mol. The number of hydrogen-bond acceptors (Lipinski definition) is 6. The second-order valence-electron chi connectivity index (χ2n) is 9.96. The number of carbonyl (C=O) groups excluding carboxylic acids is 3. The number of benzene rings is 2. The van der Waals surface area contributed by atoms with Crippen molar-refractivity contribution in [1.29, 1.82) is 0 Å². The molecule has 7 heteroatoms. The first-order valence-electron chi connectivity index (χ1n) is 12.8. The van der Waals surface area contributed by atoms with Crippen LogP contribution in [0.2, 0.25) is 0 Å². The summed E-state index contributed by atoms with van der Waals surface area (Å²) in [6.45, 7) is 3.73. The molecular formula is C30H32N2O5. The molecule has 0 bridgehead atoms. The van der Waals surface area contributed by atoms with E-state index in [9.17, 15) is 14.4 Å². The number of hydrogen-bond donors (Lipinski definition) is 2. The van der Waals surface area contributed by atoms with Gasteiger partial charge in [0.25, 0.3) is 5.91 Å². The first kappa shape index (κ1) is 24.8. The van der Waals surface area contributed by atoms with Crippen molar-refractivity contribution >= 4 is 23.2 Å². The summed E-state index contributed by atoms with van der Waals surface area (Å²) in [5, 5.41) is 6.33. The van der Waals surface area contributed by atoms with Gasteiger partial charge in [-0.05, 0) is 74.4 Å². The van der Waals surface area contributed by atoms with Crippen LogP contribution in [0.1, 0.15) is 61.1 Å². The van der Waals surface area contributed by atoms with Gasteiger partial charge in [-0.2, -0.15) is 0 Å². The van der Waals surface area contributed by atoms with Gasteiger partial charge in [-0.25, -0.2) is 0 Å². The number of aryl methyl sites for hydroxylation is 2. The van der Waals surface area contributed by atoms with Crippen molar-refractivity contribution in [2.75, 3.05) is 19.0 Å². The zero-order chi connectivity index (χ0) is 26.1. The van der Waals surface area contributed by atoms with E-state index >= 15 is 0 Å². The number of nitrogens with one attached hydrogen (secondary N) is 2. The number of Topliss-reactive ketones (excluding diaryl/α,β-unsaturated/α-hetero) is 2. The Balaban J connectivity index is 1.41. The number of allylic oxidation sites excluding steroid dienone is 4. The third kappa shape index (κ3) is 4.90. The molecule has 0 unspecified atom stereocenters. The minimum atomic E-state index is -0.414. The number of dihydropyridines is 1. The lowest BCUT2D eigenvalue weighted by Crippen LogP contribution is -2.36. The SMILES string of the molecule is COc1cc(C2C3=C(CCCC3=O)NC3=C2C(=O)CCC3)ccc1OCC(=O)Nc1cc(C)ccc1C. The number of methoxy groups -OCH3 is 1. The summed E-state index contributed by atoms with van der Waals surface area (Å²) < 4.78 is 11.4. The Kier molecular flexibility index (Phi) is 6.87. The average Bonchev–Trinajstić information content (AvgIpc) is 2.88. The molecule has 1 heterocycles. The average molecular weight is 501 g/mol. The molecule has 5 rings (SSSR count). The van der Waals surface area contributed by atoms with Crippen LogP contribution >= 0.6 is 0 Å². The summed E-state index contributed by atoms with van der Waals surface area (Å²) in [6.07, 6.45) is 4.21. The van der Waals surface area contributed by atoms with E-state index in [-0.39, 0.29) is 24.1 Å². The van der Waals surface area contributed by atoms with E-state index in [2.05, 4.69) is 10.6 Å². The molecule has 2 aromatic rings. The number of carbonyl (C=O) groups is 3. The van der Waals surface area contributed by atoms with E-state index in [4.69, 9.17) is 9.47 Å². The molecule has 0 saturated heterocycles. The minimum Gasteiger partial charge on any atom is -0.493 e. The van der Waals surface area contributed by atoms with Crippen molar-refractivity contribution in [2.45, 2.75) is 58.3 Å². The van der Waals surface area contributed by atoms with Gasteiger partial charge in [0.05, 0.1) is 7.11 Å². The Morgan fingerprint density at radius 1 is 0.919 bits per heavy atom. The summed E-state index contributed by atoms with van der Waals surface area (Å²) in [4.78, 5) is 38.7. The van der Waals surface area contributed by atoms with Gasteiger partial charge in [-0.1, -0.05) is 18.2 Å². The predicted octanol–water partition coefficient (Wildman–Crippen LogP) is 5.03. The molecule has 0 atom stereocenters. The lowest BCUT2D eigenvalue weighted by atomic mass is 9.71. The Labute approximate surface area is 216 Å². The number of ketones is 2. The molecular weight excluding hydrogens is 468 g/mol. The van der Waals surface area contributed by atoms with Gasteiger partial charge in [-0.3, -0.25) is 14.4 Å². The third-order valence-corrected chi connectivity index (χ3v) is 7.34. The molecule has 1 amide bonds. The van der Waals surface area contributed by atoms with Gasteiger partial charge in [0, 0.05) is 47.0 Å². The van der Waals surface area contributed by atoms with Gasteiger partial charge >= 0.3 is 0 Å². The molecule has 0 spiro atoms. The van der Waals surface area contributed by atoms with Crippen LogP contribution in [-0.2, 0) is 14.4 Å². The van der Waals surface area contributed by atoms with E-state index in [1.807, 2.05) is 44.2 Å². The molecule has 0 fully saturated rings. The second-order valence-corrected chi connectivity index (χ2v) is 9.96. The van der Waals surface area contributed by atoms with Crippen molar-refractivity contribution in [1.82, 2.24) is 5.32 Å². The highest BCUT2D eigenvalue weighted by atomic mass is 16.5. The first-order chi connectivity index (χ1) is 17.9. The Bertz CT molecular complexity index is 1310. The maximum Gasteiger partial charge on any atom is 0.262 e. The van der Waals surface area contributed by atoms with E-state index in [0.29, 0.717) is 35.5 Å². The van der Waals surface area contributed by atoms with Crippen molar-refractivity contribution in [3.63, 3.8) is 0 Å². The van der Waals surface area contributed by atoms with Crippen LogP contribution in [0.4, 0.5) is 5.69 Å². The fraction of sp³-hybridized carbons (Fsp3) is 0.367. The van der Waals surface area contributed by atoms with Gasteiger partial charge in [0.2, 0.25) is 0 Å². The Morgan fingerprint density at radius 2 is 1.59 bits per heavy atom. The zero-order valence-corrected chi connectivity index (χ0v) is 21.5. The fourth-order valence-corrected chi connectivity index (χ4v) is 5.50. The lowest BCUT2D eigenvalue weighted by Gasteiger charge is -2.37. The van der Waals surface area contributed by atoms with Crippen LogP contribution in [0.3, 0.4) is 0 Å². The van der Waals surface area contributed by atoms with Crippen LogP contribution in [0.15, 0.2) is 58.9 Å². The maximum atomic E-state index is 13.1. The van der Waals surface area contributed by atoms with Gasteiger partial charge in [-0.15, -0.1) is 0 Å². The number of rotatable bonds is 6. The van der Waals surface area contributed by atoms with E-state index in [1.54, 1.807) is 6.07 Å². The first-order valence-corrected chi connectivity index (χ1v) is 12.8. The molecule has 192 valence electrons. The molecule has 37 heavy (non-hydrogen) atoms. The predicted molar refractivity (Wildman–Crippen MR) is 141 cm³/mol. The molecule has 1 aliphatic heterocycles. The largest absolute Gasteiger partial charge is 0.493 e. The van der Waals surface area contributed by atoms with Crippen molar-refractivity contribution in [3.8, 4) is 11.5 Å². The van der Waals surface area contributed by atoms with Crippen molar-refractivity contribution < 1.29 is 23.9 Å². The van der Waals surface area contributed by atoms with Gasteiger partial charge in [0.15, 0.2) is 29.7 Å². The topological polar surface area (TPSA) is 93.7 Å². The summed E-state index contributed by atoms with van der Waals surface area (Å²) in [5.41, 5.74) is 6.88. The van der Waals surface area contributed by atoms with Crippen molar-refractivity contribution in [3.05, 3.63) is 75.6 Å². The summed E-state index contributed by atoms with van der Waals surface area (Å²) in [5.74, 6) is 0.360. The molecule has 2 aromatic carbocycles. The van der Waals surface area contributed by atoms with Gasteiger partial charge < -0.3 is 20.1 Å². The summed E-state index contributed by atoms with van der Waals surface area (Å²) >= 11 is 0. The normalized spacial score (nSPS) is 17.7. The van der Waals surface area contributed by atoms with Crippen LogP contribution in [-0.4, -0.2) is 31.2 Å². The number of ether oxygens (including phenoxy) is 2. The fourth-order valence-electron chi connectivity index (χ4n) is 5.50. The highest BCUT2D eigenvalue weighted by molar-refractivity contribution is 6.06. The van der Waals surface area contributed by atoms with Gasteiger partial charge in [0.1, 0.15) is 0 Å². The van der Waals surface area contributed by atoms with Crippen LogP contribution in [0, 0.1) is 13.8 Å². The van der Waals surface area contributed by atoms with E-state index < -0.39 is 5.92 Å². The van der Waals surface area contributed by atoms with Crippen LogP contribution in [0.25, 0.3) is 0 Å². The number of anilines is 1. The highest BCUT2D eigenvalue weighted by Crippen LogP contribution is 2.46. The molecule has 0 aromatic heterocycles. The smallest absolute Gasteiger partial charge is 0.262 e. The maximum absolute atomic E-state index is 13.1. The lowest BCUT2D eigenvalue weighted by molar-refractivity contribution is -0.118. The van der Waals surface area contributed by atoms with E-state index in [1.165, 1.54) is 7.11 Å². The van der Waals surface area contributed by atoms with E-state index in [0.717, 1.165) is 59.5 Å². The minimum absolute atomic E-state index is 0.0890. The van der Waals surface area contributed by atoms with Crippen molar-refractivity contribution in [2.24, 2.45) is 0 Å². The molecule has 3 aliphatic rings. The Hall–Kier alpha value is -3.87. The summed E-state index contributed by atoms with van der Waals surface area (Å²) in [7, 11) is 1.54. The Morgan fingerprint density at radius 3 is 2.24 bits per heavy atom.